The second-order valence-electron chi connectivity index (χ2n) is 8.98. The van der Waals surface area contributed by atoms with Gasteiger partial charge in [0.1, 0.15) is 11.8 Å². The van der Waals surface area contributed by atoms with Crippen LogP contribution in [0.15, 0.2) is 42.5 Å². The Morgan fingerprint density at radius 3 is 2.20 bits per heavy atom. The van der Waals surface area contributed by atoms with Crippen LogP contribution in [0.4, 0.5) is 0 Å². The van der Waals surface area contributed by atoms with E-state index in [1.807, 2.05) is 84.0 Å². The predicted octanol–water partition coefficient (Wildman–Crippen LogP) is 4.32. The molecular weight excluding hydrogens is 376 g/mol. The number of amides is 2. The summed E-state index contributed by atoms with van der Waals surface area (Å²) < 4.78 is 5.83. The fourth-order valence-electron chi connectivity index (χ4n) is 3.03. The van der Waals surface area contributed by atoms with Gasteiger partial charge in [0.15, 0.2) is 6.61 Å². The van der Waals surface area contributed by atoms with Gasteiger partial charge in [0.25, 0.3) is 5.91 Å². The van der Waals surface area contributed by atoms with Crippen molar-refractivity contribution in [3.63, 3.8) is 0 Å². The van der Waals surface area contributed by atoms with Gasteiger partial charge in [-0.25, -0.2) is 0 Å². The van der Waals surface area contributed by atoms with Gasteiger partial charge in [-0.15, -0.1) is 0 Å². The predicted molar refractivity (Wildman–Crippen MR) is 120 cm³/mol. The SMILES string of the molecule is Cc1ccc(CN(C(=O)COc2cc(C)ccc2C)[C@H](C)C(=O)NC(C)(C)C)cc1. The van der Waals surface area contributed by atoms with Gasteiger partial charge in [-0.3, -0.25) is 9.59 Å². The van der Waals surface area contributed by atoms with E-state index in [9.17, 15) is 9.59 Å². The van der Waals surface area contributed by atoms with Crippen molar-refractivity contribution in [3.8, 4) is 5.75 Å². The molecule has 2 aromatic carbocycles. The van der Waals surface area contributed by atoms with Gasteiger partial charge >= 0.3 is 0 Å². The van der Waals surface area contributed by atoms with Gasteiger partial charge in [-0.1, -0.05) is 42.0 Å². The molecule has 2 rings (SSSR count). The number of ether oxygens (including phenoxy) is 1. The van der Waals surface area contributed by atoms with Crippen LogP contribution in [0.5, 0.6) is 5.75 Å². The Bertz CT molecular complexity index is 882. The molecule has 0 unspecified atom stereocenters. The van der Waals surface area contributed by atoms with Crippen molar-refractivity contribution in [1.82, 2.24) is 10.2 Å². The molecule has 162 valence electrons. The Labute approximate surface area is 180 Å². The summed E-state index contributed by atoms with van der Waals surface area (Å²) in [4.78, 5) is 27.5. The van der Waals surface area contributed by atoms with Crippen LogP contribution in [-0.4, -0.2) is 34.9 Å². The van der Waals surface area contributed by atoms with Crippen LogP contribution in [-0.2, 0) is 16.1 Å². The second kappa shape index (κ2) is 9.79. The summed E-state index contributed by atoms with van der Waals surface area (Å²) in [6, 6.07) is 13.2. The van der Waals surface area contributed by atoms with E-state index in [2.05, 4.69) is 5.32 Å². The Balaban J connectivity index is 2.20. The molecule has 1 N–H and O–H groups in total. The van der Waals surface area contributed by atoms with Crippen molar-refractivity contribution in [2.75, 3.05) is 6.61 Å². The number of aryl methyl sites for hydroxylation is 3. The van der Waals surface area contributed by atoms with E-state index in [1.165, 1.54) is 0 Å². The fraction of sp³-hybridized carbons (Fsp3) is 0.440. The Hall–Kier alpha value is -2.82. The number of benzene rings is 2. The Kier molecular flexibility index (Phi) is 7.65. The zero-order chi connectivity index (χ0) is 22.5. The first-order chi connectivity index (χ1) is 14.0. The van der Waals surface area contributed by atoms with Crippen LogP contribution in [0.1, 0.15) is 49.9 Å². The smallest absolute Gasteiger partial charge is 0.261 e. The highest BCUT2D eigenvalue weighted by Gasteiger charge is 2.28. The van der Waals surface area contributed by atoms with Crippen molar-refractivity contribution < 1.29 is 14.3 Å². The number of hydrogen-bond donors (Lipinski definition) is 1. The Morgan fingerprint density at radius 1 is 1.00 bits per heavy atom. The van der Waals surface area contributed by atoms with E-state index in [0.717, 1.165) is 22.3 Å². The summed E-state index contributed by atoms with van der Waals surface area (Å²) in [5.41, 5.74) is 3.78. The lowest BCUT2D eigenvalue weighted by Gasteiger charge is -2.31. The highest BCUT2D eigenvalue weighted by atomic mass is 16.5. The van der Waals surface area contributed by atoms with Crippen molar-refractivity contribution in [2.24, 2.45) is 0 Å². The van der Waals surface area contributed by atoms with Crippen LogP contribution in [0.3, 0.4) is 0 Å². The lowest BCUT2D eigenvalue weighted by molar-refractivity contribution is -0.142. The summed E-state index contributed by atoms with van der Waals surface area (Å²) in [6.07, 6.45) is 0. The summed E-state index contributed by atoms with van der Waals surface area (Å²) in [7, 11) is 0. The maximum absolute atomic E-state index is 13.1. The lowest BCUT2D eigenvalue weighted by atomic mass is 10.1. The molecule has 0 saturated heterocycles. The van der Waals surface area contributed by atoms with Crippen molar-refractivity contribution in [3.05, 3.63) is 64.7 Å². The zero-order valence-electron chi connectivity index (χ0n) is 19.2. The third kappa shape index (κ3) is 6.90. The first-order valence-electron chi connectivity index (χ1n) is 10.3. The number of rotatable bonds is 7. The largest absolute Gasteiger partial charge is 0.483 e. The minimum absolute atomic E-state index is 0.122. The van der Waals surface area contributed by atoms with Crippen LogP contribution in [0.25, 0.3) is 0 Å². The molecule has 2 amide bonds. The maximum atomic E-state index is 13.1. The van der Waals surface area contributed by atoms with Gasteiger partial charge in [0, 0.05) is 12.1 Å². The van der Waals surface area contributed by atoms with Crippen molar-refractivity contribution in [1.29, 1.82) is 0 Å². The van der Waals surface area contributed by atoms with E-state index >= 15 is 0 Å². The molecule has 0 aliphatic carbocycles. The van der Waals surface area contributed by atoms with Gasteiger partial charge < -0.3 is 15.0 Å². The minimum Gasteiger partial charge on any atom is -0.483 e. The summed E-state index contributed by atoms with van der Waals surface area (Å²) in [5.74, 6) is 0.271. The van der Waals surface area contributed by atoms with Gasteiger partial charge in [-0.2, -0.15) is 0 Å². The van der Waals surface area contributed by atoms with Crippen molar-refractivity contribution >= 4 is 11.8 Å². The highest BCUT2D eigenvalue weighted by Crippen LogP contribution is 2.20. The zero-order valence-corrected chi connectivity index (χ0v) is 19.2. The van der Waals surface area contributed by atoms with E-state index in [-0.39, 0.29) is 24.0 Å². The third-order valence-corrected chi connectivity index (χ3v) is 4.83. The first kappa shape index (κ1) is 23.5. The molecule has 5 nitrogen and oxygen atoms in total. The quantitative estimate of drug-likeness (QED) is 0.739. The molecule has 0 spiro atoms. The summed E-state index contributed by atoms with van der Waals surface area (Å²) in [6.45, 7) is 13.7. The van der Waals surface area contributed by atoms with E-state index in [4.69, 9.17) is 4.74 Å². The number of carbonyl (C=O) groups excluding carboxylic acids is 2. The molecule has 0 aliphatic heterocycles. The molecule has 30 heavy (non-hydrogen) atoms. The number of nitrogens with zero attached hydrogens (tertiary/aromatic N) is 1. The molecule has 0 saturated carbocycles. The molecule has 0 fully saturated rings. The fourth-order valence-corrected chi connectivity index (χ4v) is 3.03. The molecule has 0 bridgehead atoms. The van der Waals surface area contributed by atoms with Crippen LogP contribution in [0, 0.1) is 20.8 Å². The molecule has 0 aromatic heterocycles. The van der Waals surface area contributed by atoms with Gasteiger partial charge in [0.05, 0.1) is 0 Å². The summed E-state index contributed by atoms with van der Waals surface area (Å²) in [5, 5.41) is 2.97. The average Bonchev–Trinajstić information content (AvgIpc) is 2.66. The Morgan fingerprint density at radius 2 is 1.60 bits per heavy atom. The normalized spacial score (nSPS) is 12.2. The number of carbonyl (C=O) groups is 2. The van der Waals surface area contributed by atoms with Crippen LogP contribution < -0.4 is 10.1 Å². The molecule has 0 heterocycles. The topological polar surface area (TPSA) is 58.6 Å². The van der Waals surface area contributed by atoms with E-state index in [1.54, 1.807) is 11.8 Å². The van der Waals surface area contributed by atoms with Gasteiger partial charge in [0.2, 0.25) is 5.91 Å². The minimum atomic E-state index is -0.625. The highest BCUT2D eigenvalue weighted by molar-refractivity contribution is 5.88. The van der Waals surface area contributed by atoms with Gasteiger partial charge in [-0.05, 0) is 71.2 Å². The second-order valence-corrected chi connectivity index (χ2v) is 8.98. The van der Waals surface area contributed by atoms with Crippen LogP contribution in [0.2, 0.25) is 0 Å². The maximum Gasteiger partial charge on any atom is 0.261 e. The van der Waals surface area contributed by atoms with Crippen molar-refractivity contribution in [2.45, 2.75) is 66.6 Å². The third-order valence-electron chi connectivity index (χ3n) is 4.83. The molecule has 2 aromatic rings. The monoisotopic (exact) mass is 410 g/mol. The van der Waals surface area contributed by atoms with E-state index < -0.39 is 6.04 Å². The molecule has 5 heteroatoms. The number of hydrogen-bond acceptors (Lipinski definition) is 3. The van der Waals surface area contributed by atoms with Crippen LogP contribution >= 0.6 is 0 Å². The van der Waals surface area contributed by atoms with E-state index in [0.29, 0.717) is 12.3 Å². The molecule has 1 atom stereocenters. The average molecular weight is 411 g/mol. The standard InChI is InChI=1S/C25H34N2O3/c1-17-9-12-21(13-10-17)15-27(20(4)24(29)26-25(5,6)7)23(28)16-30-22-14-18(2)8-11-19(22)3/h8-14,20H,15-16H2,1-7H3,(H,26,29)/t20-/m1/s1. The molecular formula is C25H34N2O3. The lowest BCUT2D eigenvalue weighted by Crippen LogP contribution is -2.53. The first-order valence-corrected chi connectivity index (χ1v) is 10.3. The molecule has 0 radical (unpaired) electrons. The molecule has 0 aliphatic rings. The summed E-state index contributed by atoms with van der Waals surface area (Å²) >= 11 is 0. The number of nitrogens with one attached hydrogen (secondary N) is 1.